The number of rotatable bonds is 7. The monoisotopic (exact) mass is 237 g/mol. The summed E-state index contributed by atoms with van der Waals surface area (Å²) in [5.41, 5.74) is 0. The first-order chi connectivity index (χ1) is 6.96. The van der Waals surface area contributed by atoms with Crippen LogP contribution in [0.15, 0.2) is 0 Å². The highest BCUT2D eigenvalue weighted by molar-refractivity contribution is 7.54. The second kappa shape index (κ2) is 6.64. The molecule has 0 amide bonds. The third kappa shape index (κ3) is 3.56. The van der Waals surface area contributed by atoms with Crippen molar-refractivity contribution < 1.29 is 13.6 Å². The lowest BCUT2D eigenvalue weighted by Crippen LogP contribution is -2.39. The summed E-state index contributed by atoms with van der Waals surface area (Å²) >= 11 is 0. The Morgan fingerprint density at radius 2 is 1.53 bits per heavy atom. The Morgan fingerprint density at radius 3 is 1.73 bits per heavy atom. The average Bonchev–Trinajstić information content (AvgIpc) is 2.24. The molecule has 0 fully saturated rings. The molecule has 4 nitrogen and oxygen atoms in total. The highest BCUT2D eigenvalue weighted by atomic mass is 31.2. The van der Waals surface area contributed by atoms with Crippen molar-refractivity contribution in [3.8, 4) is 0 Å². The summed E-state index contributed by atoms with van der Waals surface area (Å²) in [4.78, 5) is 2.12. The summed E-state index contributed by atoms with van der Waals surface area (Å²) in [5.74, 6) is 0.0677. The number of nitrogens with zero attached hydrogens (tertiary/aromatic N) is 1. The van der Waals surface area contributed by atoms with Crippen LogP contribution in [0.4, 0.5) is 0 Å². The molecule has 0 N–H and O–H groups in total. The summed E-state index contributed by atoms with van der Waals surface area (Å²) in [5, 5.41) is 0. The molecule has 15 heavy (non-hydrogen) atoms. The third-order valence-electron chi connectivity index (χ3n) is 2.62. The average molecular weight is 237 g/mol. The lowest BCUT2D eigenvalue weighted by molar-refractivity contribution is 0.171. The molecule has 0 heterocycles. The first kappa shape index (κ1) is 15.1. The van der Waals surface area contributed by atoms with Crippen molar-refractivity contribution in [3.05, 3.63) is 0 Å². The standard InChI is InChI=1S/C10H24NO3P/c1-7-11(8-2)10(9(3)4)15(12,13-5)14-6/h9-10H,7-8H2,1-6H3. The molecule has 0 spiro atoms. The first-order valence-corrected chi connectivity index (χ1v) is 7.03. The van der Waals surface area contributed by atoms with Crippen LogP contribution in [0.5, 0.6) is 0 Å². The summed E-state index contributed by atoms with van der Waals surface area (Å²) < 4.78 is 22.5. The predicted molar refractivity (Wildman–Crippen MR) is 63.2 cm³/mol. The molecule has 0 aromatic heterocycles. The molecule has 1 unspecified atom stereocenters. The van der Waals surface area contributed by atoms with Gasteiger partial charge >= 0.3 is 7.60 Å². The van der Waals surface area contributed by atoms with E-state index < -0.39 is 7.60 Å². The summed E-state index contributed by atoms with van der Waals surface area (Å²) in [6, 6.07) is 0. The maximum atomic E-state index is 12.4. The molecule has 0 saturated carbocycles. The van der Waals surface area contributed by atoms with Crippen LogP contribution in [0.3, 0.4) is 0 Å². The van der Waals surface area contributed by atoms with Crippen LogP contribution < -0.4 is 0 Å². The Hall–Kier alpha value is 0.110. The van der Waals surface area contributed by atoms with Crippen molar-refractivity contribution in [2.45, 2.75) is 33.5 Å². The molecule has 0 aromatic rings. The van der Waals surface area contributed by atoms with Gasteiger partial charge in [0.1, 0.15) is 5.78 Å². The Balaban J connectivity index is 5.02. The van der Waals surface area contributed by atoms with E-state index in [0.717, 1.165) is 13.1 Å². The maximum Gasteiger partial charge on any atom is 0.347 e. The molecule has 1 atom stereocenters. The quantitative estimate of drug-likeness (QED) is 0.638. The first-order valence-electron chi connectivity index (χ1n) is 5.42. The molecule has 5 heteroatoms. The minimum Gasteiger partial charge on any atom is -0.311 e. The lowest BCUT2D eigenvalue weighted by Gasteiger charge is -2.35. The number of hydrogen-bond donors (Lipinski definition) is 0. The van der Waals surface area contributed by atoms with Crippen LogP contribution in [0.1, 0.15) is 27.7 Å². The highest BCUT2D eigenvalue weighted by Crippen LogP contribution is 2.55. The topological polar surface area (TPSA) is 38.8 Å². The van der Waals surface area contributed by atoms with Gasteiger partial charge in [0.25, 0.3) is 0 Å². The zero-order valence-corrected chi connectivity index (χ0v) is 11.6. The van der Waals surface area contributed by atoms with Gasteiger partial charge in [-0.2, -0.15) is 0 Å². The zero-order chi connectivity index (χ0) is 12.1. The van der Waals surface area contributed by atoms with Gasteiger partial charge in [-0.25, -0.2) is 0 Å². The summed E-state index contributed by atoms with van der Waals surface area (Å²) in [6.07, 6.45) is 0. The van der Waals surface area contributed by atoms with Crippen LogP contribution in [0.25, 0.3) is 0 Å². The van der Waals surface area contributed by atoms with Crippen LogP contribution in [-0.4, -0.2) is 38.0 Å². The lowest BCUT2D eigenvalue weighted by atomic mass is 10.2. The molecule has 92 valence electrons. The van der Waals surface area contributed by atoms with Crippen molar-refractivity contribution in [2.75, 3.05) is 27.3 Å². The predicted octanol–water partition coefficient (Wildman–Crippen LogP) is 2.80. The van der Waals surface area contributed by atoms with E-state index in [1.165, 1.54) is 14.2 Å². The van der Waals surface area contributed by atoms with E-state index in [4.69, 9.17) is 9.05 Å². The van der Waals surface area contributed by atoms with Gasteiger partial charge in [-0.3, -0.25) is 9.46 Å². The van der Waals surface area contributed by atoms with E-state index in [2.05, 4.69) is 18.7 Å². The van der Waals surface area contributed by atoms with Gasteiger partial charge in [-0.1, -0.05) is 27.7 Å². The fraction of sp³-hybridized carbons (Fsp3) is 1.00. The van der Waals surface area contributed by atoms with Gasteiger partial charge in [0.05, 0.1) is 0 Å². The summed E-state index contributed by atoms with van der Waals surface area (Å²) in [6.45, 7) is 9.86. The molecular formula is C10H24NO3P. The fourth-order valence-electron chi connectivity index (χ4n) is 1.88. The van der Waals surface area contributed by atoms with Gasteiger partial charge in [0.15, 0.2) is 0 Å². The van der Waals surface area contributed by atoms with Crippen molar-refractivity contribution in [2.24, 2.45) is 5.92 Å². The second-order valence-electron chi connectivity index (χ2n) is 3.78. The third-order valence-corrected chi connectivity index (χ3v) is 5.20. The molecule has 0 aliphatic carbocycles. The molecule has 0 aromatic carbocycles. The van der Waals surface area contributed by atoms with Crippen molar-refractivity contribution in [1.82, 2.24) is 4.90 Å². The Morgan fingerprint density at radius 1 is 1.13 bits per heavy atom. The minimum atomic E-state index is -3.01. The SMILES string of the molecule is CCN(CC)C(C(C)C)P(=O)(OC)OC. The van der Waals surface area contributed by atoms with Gasteiger partial charge < -0.3 is 9.05 Å². The molecule has 0 aliphatic rings. The van der Waals surface area contributed by atoms with Crippen LogP contribution in [0, 0.1) is 5.92 Å². The van der Waals surface area contributed by atoms with E-state index in [1.54, 1.807) is 0 Å². The Labute approximate surface area is 93.5 Å². The van der Waals surface area contributed by atoms with Crippen molar-refractivity contribution in [1.29, 1.82) is 0 Å². The highest BCUT2D eigenvalue weighted by Gasteiger charge is 2.39. The second-order valence-corrected chi connectivity index (χ2v) is 6.12. The maximum absolute atomic E-state index is 12.4. The fourth-order valence-corrected chi connectivity index (χ4v) is 3.91. The van der Waals surface area contributed by atoms with Crippen LogP contribution in [0.2, 0.25) is 0 Å². The molecule has 0 radical (unpaired) electrons. The molecule has 0 rings (SSSR count). The Kier molecular flexibility index (Phi) is 6.69. The number of hydrogen-bond acceptors (Lipinski definition) is 4. The van der Waals surface area contributed by atoms with Crippen LogP contribution >= 0.6 is 7.60 Å². The van der Waals surface area contributed by atoms with Gasteiger partial charge in [0, 0.05) is 14.2 Å². The van der Waals surface area contributed by atoms with E-state index >= 15 is 0 Å². The van der Waals surface area contributed by atoms with E-state index in [-0.39, 0.29) is 11.7 Å². The smallest absolute Gasteiger partial charge is 0.311 e. The largest absolute Gasteiger partial charge is 0.347 e. The summed E-state index contributed by atoms with van der Waals surface area (Å²) in [7, 11) is -0.116. The van der Waals surface area contributed by atoms with E-state index in [9.17, 15) is 4.57 Å². The zero-order valence-electron chi connectivity index (χ0n) is 10.7. The minimum absolute atomic E-state index is 0.164. The van der Waals surface area contributed by atoms with Gasteiger partial charge in [-0.15, -0.1) is 0 Å². The van der Waals surface area contributed by atoms with Gasteiger partial charge in [-0.05, 0) is 19.0 Å². The van der Waals surface area contributed by atoms with Crippen molar-refractivity contribution >= 4 is 7.60 Å². The van der Waals surface area contributed by atoms with Gasteiger partial charge in [0.2, 0.25) is 0 Å². The molecule has 0 saturated heterocycles. The van der Waals surface area contributed by atoms with E-state index in [1.807, 2.05) is 13.8 Å². The Bertz CT molecular complexity index is 209. The van der Waals surface area contributed by atoms with Crippen molar-refractivity contribution in [3.63, 3.8) is 0 Å². The molecule has 0 bridgehead atoms. The molecule has 0 aliphatic heterocycles. The molecular weight excluding hydrogens is 213 g/mol. The van der Waals surface area contributed by atoms with Crippen LogP contribution in [-0.2, 0) is 13.6 Å². The van der Waals surface area contributed by atoms with E-state index in [0.29, 0.717) is 0 Å². The normalized spacial score (nSPS) is 14.9.